The Hall–Kier alpha value is -1.51. The lowest BCUT2D eigenvalue weighted by Crippen LogP contribution is -2.07. The molecular formula is C8H8F3N3. The number of hydrogen-bond donors (Lipinski definition) is 0. The maximum atomic E-state index is 12.1. The van der Waals surface area contributed by atoms with Crippen LogP contribution in [0.1, 0.15) is 24.9 Å². The Bertz CT molecular complexity index is 347. The van der Waals surface area contributed by atoms with Gasteiger partial charge in [0.15, 0.2) is 0 Å². The van der Waals surface area contributed by atoms with Crippen molar-refractivity contribution in [3.63, 3.8) is 0 Å². The molecule has 0 amide bonds. The SMILES string of the molecule is CCC(C#N)n1cc(C(F)(F)F)cn1. The van der Waals surface area contributed by atoms with E-state index in [4.69, 9.17) is 5.26 Å². The summed E-state index contributed by atoms with van der Waals surface area (Å²) in [5.74, 6) is 0. The predicted octanol–water partition coefficient (Wildman–Crippen LogP) is 2.38. The lowest BCUT2D eigenvalue weighted by molar-refractivity contribution is -0.137. The molecule has 3 nitrogen and oxygen atoms in total. The molecule has 0 N–H and O–H groups in total. The van der Waals surface area contributed by atoms with E-state index in [2.05, 4.69) is 5.10 Å². The van der Waals surface area contributed by atoms with Crippen LogP contribution >= 0.6 is 0 Å². The molecule has 14 heavy (non-hydrogen) atoms. The monoisotopic (exact) mass is 203 g/mol. The number of nitriles is 1. The summed E-state index contributed by atoms with van der Waals surface area (Å²) in [5, 5.41) is 12.1. The van der Waals surface area contributed by atoms with Crippen LogP contribution in [0.15, 0.2) is 12.4 Å². The fraction of sp³-hybridized carbons (Fsp3) is 0.500. The van der Waals surface area contributed by atoms with Crippen molar-refractivity contribution in [2.24, 2.45) is 0 Å². The summed E-state index contributed by atoms with van der Waals surface area (Å²) in [7, 11) is 0. The lowest BCUT2D eigenvalue weighted by Gasteiger charge is -2.05. The fourth-order valence-electron chi connectivity index (χ4n) is 0.992. The van der Waals surface area contributed by atoms with E-state index in [1.807, 2.05) is 6.07 Å². The molecule has 0 radical (unpaired) electrons. The van der Waals surface area contributed by atoms with Crippen LogP contribution in [0.3, 0.4) is 0 Å². The van der Waals surface area contributed by atoms with Crippen molar-refractivity contribution < 1.29 is 13.2 Å². The van der Waals surface area contributed by atoms with Crippen molar-refractivity contribution in [3.05, 3.63) is 18.0 Å². The van der Waals surface area contributed by atoms with Crippen LogP contribution in [-0.2, 0) is 6.18 Å². The molecule has 6 heteroatoms. The molecule has 0 aliphatic heterocycles. The maximum absolute atomic E-state index is 12.1. The van der Waals surface area contributed by atoms with E-state index in [1.54, 1.807) is 6.92 Å². The number of hydrogen-bond acceptors (Lipinski definition) is 2. The summed E-state index contributed by atoms with van der Waals surface area (Å²) >= 11 is 0. The zero-order valence-corrected chi connectivity index (χ0v) is 7.41. The summed E-state index contributed by atoms with van der Waals surface area (Å²) in [5.41, 5.74) is -0.828. The van der Waals surface area contributed by atoms with E-state index in [0.29, 0.717) is 6.42 Å². The molecule has 0 aliphatic rings. The molecular weight excluding hydrogens is 195 g/mol. The zero-order valence-electron chi connectivity index (χ0n) is 7.41. The molecule has 0 bridgehead atoms. The van der Waals surface area contributed by atoms with E-state index in [9.17, 15) is 13.2 Å². The average molecular weight is 203 g/mol. The molecule has 1 rings (SSSR count). The average Bonchev–Trinajstić information content (AvgIpc) is 2.54. The minimum atomic E-state index is -4.40. The largest absolute Gasteiger partial charge is 0.419 e. The Kier molecular flexibility index (Phi) is 2.79. The molecule has 1 aromatic heterocycles. The van der Waals surface area contributed by atoms with Crippen LogP contribution in [0.4, 0.5) is 13.2 Å². The third-order valence-electron chi connectivity index (χ3n) is 1.78. The van der Waals surface area contributed by atoms with Crippen molar-refractivity contribution in [1.82, 2.24) is 9.78 Å². The Morgan fingerprint density at radius 3 is 2.64 bits per heavy atom. The van der Waals surface area contributed by atoms with Gasteiger partial charge in [-0.25, -0.2) is 0 Å². The third-order valence-corrected chi connectivity index (χ3v) is 1.78. The first-order chi connectivity index (χ1) is 6.49. The molecule has 1 unspecified atom stereocenters. The van der Waals surface area contributed by atoms with Crippen molar-refractivity contribution in [2.45, 2.75) is 25.6 Å². The summed E-state index contributed by atoms with van der Waals surface area (Å²) in [6, 6.07) is 1.23. The fourth-order valence-corrected chi connectivity index (χ4v) is 0.992. The number of rotatable bonds is 2. The summed E-state index contributed by atoms with van der Waals surface area (Å²) in [4.78, 5) is 0. The van der Waals surface area contributed by atoms with Crippen LogP contribution in [0.2, 0.25) is 0 Å². The van der Waals surface area contributed by atoms with Crippen molar-refractivity contribution in [1.29, 1.82) is 5.26 Å². The van der Waals surface area contributed by atoms with E-state index in [0.717, 1.165) is 17.1 Å². The minimum absolute atomic E-state index is 0.426. The Morgan fingerprint density at radius 2 is 2.29 bits per heavy atom. The van der Waals surface area contributed by atoms with Crippen LogP contribution < -0.4 is 0 Å². The van der Waals surface area contributed by atoms with Gasteiger partial charge in [-0.05, 0) is 6.42 Å². The molecule has 76 valence electrons. The number of alkyl halides is 3. The van der Waals surface area contributed by atoms with Crippen LogP contribution in [-0.4, -0.2) is 9.78 Å². The number of nitrogens with zero attached hydrogens (tertiary/aromatic N) is 3. The first-order valence-corrected chi connectivity index (χ1v) is 4.00. The summed E-state index contributed by atoms with van der Waals surface area (Å²) < 4.78 is 37.4. The molecule has 1 heterocycles. The smallest absolute Gasteiger partial charge is 0.255 e. The first-order valence-electron chi connectivity index (χ1n) is 4.00. The van der Waals surface area contributed by atoms with Gasteiger partial charge in [0.25, 0.3) is 0 Å². The van der Waals surface area contributed by atoms with E-state index < -0.39 is 17.8 Å². The van der Waals surface area contributed by atoms with Crippen molar-refractivity contribution in [2.75, 3.05) is 0 Å². The molecule has 0 saturated carbocycles. The second kappa shape index (κ2) is 3.70. The number of halogens is 3. The van der Waals surface area contributed by atoms with E-state index in [1.165, 1.54) is 0 Å². The van der Waals surface area contributed by atoms with Gasteiger partial charge < -0.3 is 0 Å². The van der Waals surface area contributed by atoms with Gasteiger partial charge in [0.2, 0.25) is 0 Å². The first kappa shape index (κ1) is 10.6. The molecule has 1 aromatic rings. The molecule has 0 fully saturated rings. The van der Waals surface area contributed by atoms with Gasteiger partial charge in [-0.3, -0.25) is 4.68 Å². The van der Waals surface area contributed by atoms with Gasteiger partial charge in [-0.15, -0.1) is 0 Å². The maximum Gasteiger partial charge on any atom is 0.419 e. The van der Waals surface area contributed by atoms with Crippen LogP contribution in [0, 0.1) is 11.3 Å². The highest BCUT2D eigenvalue weighted by Crippen LogP contribution is 2.29. The van der Waals surface area contributed by atoms with E-state index in [-0.39, 0.29) is 0 Å². The topological polar surface area (TPSA) is 41.6 Å². The second-order valence-corrected chi connectivity index (χ2v) is 2.76. The molecule has 0 aliphatic carbocycles. The van der Waals surface area contributed by atoms with E-state index >= 15 is 0 Å². The Balaban J connectivity index is 2.94. The number of aromatic nitrogens is 2. The summed E-state index contributed by atoms with van der Waals surface area (Å²) in [6.07, 6.45) is -2.40. The molecule has 1 atom stereocenters. The molecule has 0 spiro atoms. The quantitative estimate of drug-likeness (QED) is 0.740. The predicted molar refractivity (Wildman–Crippen MR) is 42.2 cm³/mol. The summed E-state index contributed by atoms with van der Waals surface area (Å²) in [6.45, 7) is 1.71. The standard InChI is InChI=1S/C8H8F3N3/c1-2-7(3-12)14-5-6(4-13-14)8(9,10)11/h4-5,7H,2H2,1H3. The van der Waals surface area contributed by atoms with Gasteiger partial charge in [0.05, 0.1) is 17.8 Å². The lowest BCUT2D eigenvalue weighted by atomic mass is 10.2. The van der Waals surface area contributed by atoms with Gasteiger partial charge in [-0.1, -0.05) is 6.92 Å². The minimum Gasteiger partial charge on any atom is -0.255 e. The van der Waals surface area contributed by atoms with Gasteiger partial charge in [-0.2, -0.15) is 23.5 Å². The molecule has 0 saturated heterocycles. The molecule has 0 aromatic carbocycles. The Morgan fingerprint density at radius 1 is 1.64 bits per heavy atom. The van der Waals surface area contributed by atoms with Crippen LogP contribution in [0.25, 0.3) is 0 Å². The van der Waals surface area contributed by atoms with Crippen molar-refractivity contribution in [3.8, 4) is 6.07 Å². The van der Waals surface area contributed by atoms with Gasteiger partial charge in [0.1, 0.15) is 6.04 Å². The Labute approximate surface area is 78.8 Å². The highest BCUT2D eigenvalue weighted by molar-refractivity contribution is 5.10. The van der Waals surface area contributed by atoms with Gasteiger partial charge in [0, 0.05) is 6.20 Å². The van der Waals surface area contributed by atoms with Crippen molar-refractivity contribution >= 4 is 0 Å². The highest BCUT2D eigenvalue weighted by Gasteiger charge is 2.32. The third kappa shape index (κ3) is 2.05. The normalized spacial score (nSPS) is 13.6. The second-order valence-electron chi connectivity index (χ2n) is 2.76. The van der Waals surface area contributed by atoms with Gasteiger partial charge >= 0.3 is 6.18 Å². The highest BCUT2D eigenvalue weighted by atomic mass is 19.4. The zero-order chi connectivity index (χ0) is 10.8. The van der Waals surface area contributed by atoms with Crippen LogP contribution in [0.5, 0.6) is 0 Å².